The van der Waals surface area contributed by atoms with E-state index in [2.05, 4.69) is 10.6 Å². The molecule has 0 saturated carbocycles. The molecule has 0 saturated heterocycles. The number of hydrogen-bond acceptors (Lipinski definition) is 5. The molecule has 9 heteroatoms. The summed E-state index contributed by atoms with van der Waals surface area (Å²) in [4.78, 5) is 24.5. The second-order valence-electron chi connectivity index (χ2n) is 7.73. The summed E-state index contributed by atoms with van der Waals surface area (Å²) in [5, 5.41) is 5.47. The molecule has 1 heterocycles. The zero-order chi connectivity index (χ0) is 22.9. The maximum absolute atomic E-state index is 13.1. The van der Waals surface area contributed by atoms with E-state index in [4.69, 9.17) is 4.74 Å². The quantitative estimate of drug-likeness (QED) is 0.711. The van der Waals surface area contributed by atoms with Crippen LogP contribution in [0.5, 0.6) is 5.75 Å². The number of rotatable bonds is 6. The fourth-order valence-electron chi connectivity index (χ4n) is 3.31. The summed E-state index contributed by atoms with van der Waals surface area (Å²) in [6.07, 6.45) is -0.216. The Morgan fingerprint density at radius 2 is 1.84 bits per heavy atom. The highest BCUT2D eigenvalue weighted by molar-refractivity contribution is 7.89. The van der Waals surface area contributed by atoms with Crippen LogP contribution in [0.3, 0.4) is 0 Å². The molecule has 8 nitrogen and oxygen atoms in total. The number of aryl methyl sites for hydroxylation is 3. The van der Waals surface area contributed by atoms with E-state index >= 15 is 0 Å². The van der Waals surface area contributed by atoms with Crippen molar-refractivity contribution in [2.75, 3.05) is 24.2 Å². The molecule has 1 aliphatic rings. The van der Waals surface area contributed by atoms with E-state index in [0.29, 0.717) is 29.1 Å². The van der Waals surface area contributed by atoms with Crippen molar-refractivity contribution in [3.8, 4) is 5.75 Å². The minimum absolute atomic E-state index is 0.0266. The van der Waals surface area contributed by atoms with E-state index in [1.807, 2.05) is 32.9 Å². The van der Waals surface area contributed by atoms with Gasteiger partial charge in [-0.3, -0.25) is 9.59 Å². The van der Waals surface area contributed by atoms with Gasteiger partial charge in [-0.05, 0) is 62.1 Å². The number of carbonyl (C=O) groups is 2. The van der Waals surface area contributed by atoms with Gasteiger partial charge in [-0.25, -0.2) is 8.42 Å². The van der Waals surface area contributed by atoms with Crippen molar-refractivity contribution < 1.29 is 22.7 Å². The molecule has 166 valence electrons. The number of fused-ring (bicyclic) bond motifs is 1. The molecule has 2 amide bonds. The number of nitrogens with one attached hydrogen (secondary N) is 2. The molecule has 2 aromatic rings. The number of nitrogens with zero attached hydrogens (tertiary/aromatic N) is 1. The molecule has 2 aromatic carbocycles. The Balaban J connectivity index is 1.79. The predicted molar refractivity (Wildman–Crippen MR) is 119 cm³/mol. The molecular weight excluding hydrogens is 418 g/mol. The molecule has 0 radical (unpaired) electrons. The third-order valence-corrected chi connectivity index (χ3v) is 7.26. The molecule has 0 fully saturated rings. The van der Waals surface area contributed by atoms with Crippen LogP contribution in [0.2, 0.25) is 0 Å². The lowest BCUT2D eigenvalue weighted by molar-refractivity contribution is -0.123. The minimum Gasteiger partial charge on any atom is -0.478 e. The molecule has 1 atom stereocenters. The van der Waals surface area contributed by atoms with Gasteiger partial charge in [0.1, 0.15) is 5.75 Å². The van der Waals surface area contributed by atoms with Crippen LogP contribution in [0, 0.1) is 20.8 Å². The number of sulfonamides is 1. The molecule has 0 bridgehead atoms. The number of likely N-dealkylation sites (N-methyl/N-ethyl adjacent to an activating group) is 1. The Kier molecular flexibility index (Phi) is 6.38. The van der Waals surface area contributed by atoms with E-state index in [1.165, 1.54) is 13.1 Å². The molecule has 31 heavy (non-hydrogen) atoms. The molecule has 0 aromatic heterocycles. The van der Waals surface area contributed by atoms with Gasteiger partial charge in [-0.2, -0.15) is 4.31 Å². The van der Waals surface area contributed by atoms with Crippen molar-refractivity contribution in [1.82, 2.24) is 4.31 Å². The van der Waals surface area contributed by atoms with E-state index in [9.17, 15) is 18.0 Å². The van der Waals surface area contributed by atoms with Crippen molar-refractivity contribution in [3.05, 3.63) is 47.0 Å². The van der Waals surface area contributed by atoms with Crippen LogP contribution in [0.4, 0.5) is 11.4 Å². The van der Waals surface area contributed by atoms with E-state index in [-0.39, 0.29) is 17.3 Å². The second kappa shape index (κ2) is 8.68. The highest BCUT2D eigenvalue weighted by Crippen LogP contribution is 2.35. The lowest BCUT2D eigenvalue weighted by Gasteiger charge is -2.27. The molecule has 2 N–H and O–H groups in total. The first-order chi connectivity index (χ1) is 14.5. The van der Waals surface area contributed by atoms with Gasteiger partial charge in [-0.1, -0.05) is 13.0 Å². The number of carbonyl (C=O) groups excluding carboxylic acids is 2. The van der Waals surface area contributed by atoms with Crippen molar-refractivity contribution in [1.29, 1.82) is 0 Å². The van der Waals surface area contributed by atoms with Crippen molar-refractivity contribution in [2.24, 2.45) is 0 Å². The van der Waals surface area contributed by atoms with Crippen LogP contribution < -0.4 is 15.4 Å². The predicted octanol–water partition coefficient (Wildman–Crippen LogP) is 2.98. The van der Waals surface area contributed by atoms with Gasteiger partial charge in [0, 0.05) is 18.8 Å². The summed E-state index contributed by atoms with van der Waals surface area (Å²) >= 11 is 0. The van der Waals surface area contributed by atoms with Gasteiger partial charge in [0.05, 0.1) is 17.1 Å². The fourth-order valence-corrected chi connectivity index (χ4v) is 4.65. The topological polar surface area (TPSA) is 105 Å². The molecular formula is C22H27N3O5S. The van der Waals surface area contributed by atoms with E-state index < -0.39 is 22.0 Å². The zero-order valence-electron chi connectivity index (χ0n) is 18.3. The molecule has 1 unspecified atom stereocenters. The summed E-state index contributed by atoms with van der Waals surface area (Å²) in [5.41, 5.74) is 3.61. The van der Waals surface area contributed by atoms with Crippen LogP contribution in [-0.4, -0.2) is 44.2 Å². The second-order valence-corrected chi connectivity index (χ2v) is 9.74. The first-order valence-corrected chi connectivity index (χ1v) is 11.4. The van der Waals surface area contributed by atoms with Crippen molar-refractivity contribution in [3.63, 3.8) is 0 Å². The average molecular weight is 446 g/mol. The highest BCUT2D eigenvalue weighted by Gasteiger charge is 2.31. The van der Waals surface area contributed by atoms with Gasteiger partial charge in [0.15, 0.2) is 6.10 Å². The smallest absolute Gasteiger partial charge is 0.265 e. The Morgan fingerprint density at radius 1 is 1.13 bits per heavy atom. The van der Waals surface area contributed by atoms with Gasteiger partial charge in [0.2, 0.25) is 15.9 Å². The van der Waals surface area contributed by atoms with Crippen molar-refractivity contribution >= 4 is 33.2 Å². The number of hydrogen-bond donors (Lipinski definition) is 2. The molecule has 0 aliphatic carbocycles. The first kappa shape index (κ1) is 22.8. The largest absolute Gasteiger partial charge is 0.478 e. The third-order valence-electron chi connectivity index (χ3n) is 5.31. The summed E-state index contributed by atoms with van der Waals surface area (Å²) in [6, 6.07) is 8.47. The summed E-state index contributed by atoms with van der Waals surface area (Å²) < 4.78 is 33.0. The van der Waals surface area contributed by atoms with Crippen LogP contribution in [-0.2, 0) is 19.6 Å². The highest BCUT2D eigenvalue weighted by atomic mass is 32.2. The number of amides is 2. The average Bonchev–Trinajstić information content (AvgIpc) is 2.69. The molecule has 3 rings (SSSR count). The SMILES string of the molecule is CCC1Oc2cc(S(=O)(=O)N(C)CC(=O)Nc3ccc(C)c(C)c3)c(C)cc2NC1=O. The number of benzene rings is 2. The zero-order valence-corrected chi connectivity index (χ0v) is 19.1. The van der Waals surface area contributed by atoms with Gasteiger partial charge >= 0.3 is 0 Å². The van der Waals surface area contributed by atoms with Crippen LogP contribution in [0.25, 0.3) is 0 Å². The maximum atomic E-state index is 13.1. The van der Waals surface area contributed by atoms with Gasteiger partial charge in [0.25, 0.3) is 5.91 Å². The van der Waals surface area contributed by atoms with Crippen LogP contribution in [0.1, 0.15) is 30.0 Å². The van der Waals surface area contributed by atoms with Crippen LogP contribution in [0.15, 0.2) is 35.2 Å². The fraction of sp³-hybridized carbons (Fsp3) is 0.364. The molecule has 1 aliphatic heterocycles. The Morgan fingerprint density at radius 3 is 2.48 bits per heavy atom. The van der Waals surface area contributed by atoms with Gasteiger partial charge < -0.3 is 15.4 Å². The minimum atomic E-state index is -3.96. The van der Waals surface area contributed by atoms with Crippen molar-refractivity contribution in [2.45, 2.75) is 45.1 Å². The lowest BCUT2D eigenvalue weighted by Crippen LogP contribution is -2.37. The number of anilines is 2. The normalized spacial score (nSPS) is 15.8. The lowest BCUT2D eigenvalue weighted by atomic mass is 10.1. The number of ether oxygens (including phenoxy) is 1. The third kappa shape index (κ3) is 4.72. The van der Waals surface area contributed by atoms with Gasteiger partial charge in [-0.15, -0.1) is 0 Å². The maximum Gasteiger partial charge on any atom is 0.265 e. The van der Waals surface area contributed by atoms with E-state index in [0.717, 1.165) is 15.4 Å². The standard InChI is InChI=1S/C22H27N3O5S/c1-6-18-22(27)24-17-10-15(4)20(11-19(17)30-18)31(28,29)25(5)12-21(26)23-16-8-7-13(2)14(3)9-16/h7-11,18H,6,12H2,1-5H3,(H,23,26)(H,24,27). The van der Waals surface area contributed by atoms with E-state index in [1.54, 1.807) is 19.1 Å². The Labute approximate surface area is 182 Å². The summed E-state index contributed by atoms with van der Waals surface area (Å²) in [5.74, 6) is -0.409. The summed E-state index contributed by atoms with van der Waals surface area (Å²) in [7, 11) is -2.61. The Bertz CT molecular complexity index is 1140. The molecule has 0 spiro atoms. The monoisotopic (exact) mass is 445 g/mol. The Hall–Kier alpha value is -2.91. The van der Waals surface area contributed by atoms with Crippen LogP contribution >= 0.6 is 0 Å². The first-order valence-electron chi connectivity index (χ1n) is 9.98. The summed E-state index contributed by atoms with van der Waals surface area (Å²) in [6.45, 7) is 7.01.